The molecule has 2 saturated heterocycles. The molecule has 23 nitrogen and oxygen atoms in total. The lowest BCUT2D eigenvalue weighted by molar-refractivity contribution is -0.385. The normalized spacial score (nSPS) is 20.4. The highest BCUT2D eigenvalue weighted by Gasteiger charge is 2.52. The lowest BCUT2D eigenvalue weighted by Gasteiger charge is -2.40. The van der Waals surface area contributed by atoms with E-state index in [-0.39, 0.29) is 58.6 Å². The molecule has 2 heterocycles. The molecule has 0 spiro atoms. The van der Waals surface area contributed by atoms with Crippen molar-refractivity contribution in [2.24, 2.45) is 10.3 Å². The zero-order valence-corrected chi connectivity index (χ0v) is 36.1. The Labute approximate surface area is 355 Å². The van der Waals surface area contributed by atoms with Gasteiger partial charge in [-0.1, -0.05) is 23.9 Å². The van der Waals surface area contributed by atoms with Gasteiger partial charge in [-0.15, -0.1) is 0 Å². The van der Waals surface area contributed by atoms with Crippen molar-refractivity contribution in [3.63, 3.8) is 0 Å². The molecule has 332 valence electrons. The van der Waals surface area contributed by atoms with Crippen LogP contribution in [0.3, 0.4) is 0 Å². The second-order valence-electron chi connectivity index (χ2n) is 14.8. The molecule has 6 N–H and O–H groups in total. The molecule has 2 aliphatic rings. The van der Waals surface area contributed by atoms with Crippen LogP contribution in [0.2, 0.25) is 0 Å². The van der Waals surface area contributed by atoms with E-state index in [0.29, 0.717) is 24.1 Å². The van der Waals surface area contributed by atoms with Gasteiger partial charge in [-0.2, -0.15) is 33.8 Å². The van der Waals surface area contributed by atoms with Crippen molar-refractivity contribution in [2.75, 3.05) is 26.2 Å². The summed E-state index contributed by atoms with van der Waals surface area (Å²) in [7, 11) is -8.54. The number of carboxylic acid groups (broad SMARTS) is 1. The number of non-ortho nitro benzene ring substituents is 2. The zero-order valence-electron chi connectivity index (χ0n) is 32.7. The fourth-order valence-corrected chi connectivity index (χ4v) is 8.98. The molecule has 2 fully saturated rings. The second-order valence-corrected chi connectivity index (χ2v) is 19.8. The molecular formula is C33H46N8O15S4. The number of ether oxygens (including phenoxy) is 2. The van der Waals surface area contributed by atoms with E-state index in [1.54, 1.807) is 0 Å². The molecule has 0 bridgehead atoms. The van der Waals surface area contributed by atoms with Crippen LogP contribution in [0.25, 0.3) is 0 Å². The SMILES string of the molecule is CC(=O)S[C@@H]1CN(C(=O)O)[C@](Cc2ccc([N+](=O)[O-])cc2)(CN(C(=O)OC(C)(C)C)S(N)(=O)=O)C1.NS(=O)(=O)NC[C@@H]1C[C@H](S)CN1C(=O)OCc1ccc([N+](=O)[O-])cc1. The van der Waals surface area contributed by atoms with Crippen molar-refractivity contribution < 1.29 is 60.4 Å². The maximum Gasteiger partial charge on any atom is 0.425 e. The number of nitro groups is 2. The number of rotatable bonds is 13. The van der Waals surface area contributed by atoms with Crippen LogP contribution in [-0.4, -0.2) is 123 Å². The summed E-state index contributed by atoms with van der Waals surface area (Å²) in [6.07, 6.45) is -2.89. The van der Waals surface area contributed by atoms with Gasteiger partial charge in [-0.3, -0.25) is 29.9 Å². The number of nitrogens with two attached hydrogens (primary N) is 2. The molecule has 2 aliphatic heterocycles. The van der Waals surface area contributed by atoms with Gasteiger partial charge in [0.15, 0.2) is 5.12 Å². The number of nitro benzene ring substituents is 2. The van der Waals surface area contributed by atoms with Crippen molar-refractivity contribution in [3.8, 4) is 0 Å². The average molecular weight is 923 g/mol. The van der Waals surface area contributed by atoms with E-state index in [0.717, 1.165) is 16.7 Å². The summed E-state index contributed by atoms with van der Waals surface area (Å²) in [5.74, 6) is 0. The van der Waals surface area contributed by atoms with E-state index in [4.69, 9.17) is 19.8 Å². The molecule has 0 unspecified atom stereocenters. The molecule has 0 radical (unpaired) electrons. The number of amides is 3. The summed E-state index contributed by atoms with van der Waals surface area (Å²) in [6, 6.07) is 10.5. The third-order valence-electron chi connectivity index (χ3n) is 8.81. The summed E-state index contributed by atoms with van der Waals surface area (Å²) in [5, 5.41) is 40.9. The van der Waals surface area contributed by atoms with Crippen LogP contribution >= 0.6 is 24.4 Å². The number of benzene rings is 2. The number of thiol groups is 1. The van der Waals surface area contributed by atoms with Crippen LogP contribution in [0.15, 0.2) is 48.5 Å². The first-order valence-corrected chi connectivity index (χ1v) is 22.1. The number of thioether (sulfide) groups is 1. The highest BCUT2D eigenvalue weighted by Crippen LogP contribution is 2.40. The minimum atomic E-state index is -4.69. The standard InChI is InChI=1S/C20H28N4O9S2.C13H18N4O6S2/c1-13(25)34-16-10-20(22(11-16)17(26)27,9-14-5-7-15(8-6-14)24(29)30)12-23(35(21,31)32)18(28)33-19(2,3)4;14-25(21,22)15-6-11-5-12(24)7-16(11)13(18)23-8-9-1-3-10(4-2-9)17(19)20/h5-8,16H,9-12H2,1-4H3,(H,26,27)(H2,21,31,32);1-4,11-12,15,24H,5-8H2,(H2,14,21,22)/t16-,20-;11-,12-/m00/s1. The third kappa shape index (κ3) is 15.0. The Morgan fingerprint density at radius 3 is 1.97 bits per heavy atom. The van der Waals surface area contributed by atoms with Gasteiger partial charge in [0.05, 0.1) is 21.9 Å². The predicted molar refractivity (Wildman–Crippen MR) is 219 cm³/mol. The number of nitrogens with zero attached hydrogens (tertiary/aromatic N) is 5. The first-order valence-electron chi connectivity index (χ1n) is 17.7. The van der Waals surface area contributed by atoms with E-state index in [9.17, 15) is 61.3 Å². The van der Waals surface area contributed by atoms with E-state index in [2.05, 4.69) is 17.4 Å². The summed E-state index contributed by atoms with van der Waals surface area (Å²) >= 11 is 5.22. The number of carbonyl (C=O) groups is 4. The average Bonchev–Trinajstić information content (AvgIpc) is 3.67. The highest BCUT2D eigenvalue weighted by atomic mass is 32.2. The predicted octanol–water partition coefficient (Wildman–Crippen LogP) is 2.75. The van der Waals surface area contributed by atoms with Crippen molar-refractivity contribution >= 4 is 79.6 Å². The Morgan fingerprint density at radius 1 is 0.983 bits per heavy atom. The summed E-state index contributed by atoms with van der Waals surface area (Å²) in [4.78, 5) is 71.8. The summed E-state index contributed by atoms with van der Waals surface area (Å²) in [5.41, 5.74) is -1.79. The topological polar surface area (TPSA) is 335 Å². The fourth-order valence-electron chi connectivity index (χ4n) is 6.38. The maximum atomic E-state index is 12.8. The molecule has 4 atom stereocenters. The maximum absolute atomic E-state index is 12.8. The number of nitrogens with one attached hydrogen (secondary N) is 1. The minimum Gasteiger partial charge on any atom is -0.465 e. The van der Waals surface area contributed by atoms with Crippen LogP contribution in [0, 0.1) is 20.2 Å². The van der Waals surface area contributed by atoms with Gasteiger partial charge in [0, 0.05) is 67.4 Å². The first-order chi connectivity index (χ1) is 27.6. The van der Waals surface area contributed by atoms with Crippen LogP contribution < -0.4 is 15.0 Å². The zero-order chi connectivity index (χ0) is 45.4. The van der Waals surface area contributed by atoms with E-state index in [1.807, 2.05) is 0 Å². The van der Waals surface area contributed by atoms with Crippen LogP contribution in [-0.2, 0) is 47.7 Å². The lowest BCUT2D eigenvalue weighted by Crippen LogP contribution is -2.59. The number of carbonyl (C=O) groups excluding carboxylic acids is 3. The summed E-state index contributed by atoms with van der Waals surface area (Å²) in [6.45, 7) is 5.34. The van der Waals surface area contributed by atoms with E-state index >= 15 is 0 Å². The van der Waals surface area contributed by atoms with Gasteiger partial charge in [0.25, 0.3) is 21.6 Å². The Kier molecular flexibility index (Phi) is 16.7. The number of likely N-dealkylation sites (tertiary alicyclic amines) is 2. The molecule has 2 aromatic carbocycles. The molecule has 4 rings (SSSR count). The van der Waals surface area contributed by atoms with E-state index < -0.39 is 77.5 Å². The molecule has 27 heteroatoms. The van der Waals surface area contributed by atoms with Gasteiger partial charge < -0.3 is 19.5 Å². The quantitative estimate of drug-likeness (QED) is 0.110. The third-order valence-corrected chi connectivity index (χ3v) is 11.6. The Hall–Kier alpha value is -4.80. The van der Waals surface area contributed by atoms with Crippen molar-refractivity contribution in [3.05, 3.63) is 79.9 Å². The highest BCUT2D eigenvalue weighted by molar-refractivity contribution is 8.14. The van der Waals surface area contributed by atoms with Gasteiger partial charge in [-0.25, -0.2) is 29.4 Å². The van der Waals surface area contributed by atoms with Crippen molar-refractivity contribution in [2.45, 2.75) is 81.2 Å². The molecule has 2 aromatic rings. The molecule has 3 amide bonds. The Morgan fingerprint density at radius 2 is 1.52 bits per heavy atom. The van der Waals surface area contributed by atoms with Crippen molar-refractivity contribution in [1.29, 1.82) is 0 Å². The Balaban J connectivity index is 0.000000338. The molecular weight excluding hydrogens is 877 g/mol. The van der Waals surface area contributed by atoms with E-state index in [1.165, 1.54) is 81.1 Å². The lowest BCUT2D eigenvalue weighted by atomic mass is 9.87. The van der Waals surface area contributed by atoms with Gasteiger partial charge in [0.1, 0.15) is 12.2 Å². The fraction of sp³-hybridized carbons (Fsp3) is 0.515. The smallest absolute Gasteiger partial charge is 0.425 e. The number of hydrogen-bond acceptors (Lipinski definition) is 16. The van der Waals surface area contributed by atoms with Gasteiger partial charge >= 0.3 is 28.5 Å². The molecule has 0 saturated carbocycles. The second kappa shape index (κ2) is 20.2. The van der Waals surface area contributed by atoms with Crippen molar-refractivity contribution in [1.82, 2.24) is 18.8 Å². The summed E-state index contributed by atoms with van der Waals surface area (Å²) < 4.78 is 59.6. The van der Waals surface area contributed by atoms with Crippen LogP contribution in [0.4, 0.5) is 25.8 Å². The molecule has 60 heavy (non-hydrogen) atoms. The van der Waals surface area contributed by atoms with Gasteiger partial charge in [0.2, 0.25) is 0 Å². The first kappa shape index (κ1) is 49.6. The minimum absolute atomic E-state index is 0.00928. The number of hydrogen-bond donors (Lipinski definition) is 5. The van der Waals surface area contributed by atoms with Crippen LogP contribution in [0.1, 0.15) is 51.7 Å². The molecule has 0 aliphatic carbocycles. The molecule has 0 aromatic heterocycles. The largest absolute Gasteiger partial charge is 0.465 e. The van der Waals surface area contributed by atoms with Gasteiger partial charge in [-0.05, 0) is 63.3 Å². The Bertz CT molecular complexity index is 2140. The van der Waals surface area contributed by atoms with Crippen LogP contribution in [0.5, 0.6) is 0 Å². The monoisotopic (exact) mass is 922 g/mol.